The van der Waals surface area contributed by atoms with E-state index < -0.39 is 29.7 Å². The molecular weight excluding hydrogens is 315 g/mol. The van der Waals surface area contributed by atoms with E-state index in [4.69, 9.17) is 5.11 Å². The first-order valence-corrected chi connectivity index (χ1v) is 6.45. The molecule has 0 spiro atoms. The number of carboxylic acid groups (broad SMARTS) is 1. The maximum absolute atomic E-state index is 12.5. The Hall–Kier alpha value is -2.84. The van der Waals surface area contributed by atoms with E-state index in [0.29, 0.717) is 0 Å². The Kier molecular flexibility index (Phi) is 4.39. The van der Waals surface area contributed by atoms with Gasteiger partial charge in [0.15, 0.2) is 0 Å². The number of aromatic nitrogens is 2. The summed E-state index contributed by atoms with van der Waals surface area (Å²) in [5, 5.41) is 15.1. The average Bonchev–Trinajstić information content (AvgIpc) is 2.95. The van der Waals surface area contributed by atoms with Gasteiger partial charge in [-0.3, -0.25) is 4.79 Å². The fourth-order valence-electron chi connectivity index (χ4n) is 1.84. The maximum Gasteiger partial charge on any atom is 0.416 e. The highest BCUT2D eigenvalue weighted by Crippen LogP contribution is 2.29. The van der Waals surface area contributed by atoms with Crippen LogP contribution in [-0.2, 0) is 11.0 Å². The molecule has 122 valence electrons. The van der Waals surface area contributed by atoms with E-state index in [2.05, 4.69) is 10.4 Å². The van der Waals surface area contributed by atoms with Crippen LogP contribution in [0.2, 0.25) is 0 Å². The zero-order chi connectivity index (χ0) is 17.2. The van der Waals surface area contributed by atoms with Gasteiger partial charge in [-0.2, -0.15) is 18.3 Å². The highest BCUT2D eigenvalue weighted by atomic mass is 19.4. The van der Waals surface area contributed by atoms with Gasteiger partial charge in [-0.15, -0.1) is 0 Å². The van der Waals surface area contributed by atoms with Crippen molar-refractivity contribution < 1.29 is 27.9 Å². The van der Waals surface area contributed by atoms with E-state index in [9.17, 15) is 22.8 Å². The van der Waals surface area contributed by atoms with Crippen molar-refractivity contribution >= 4 is 17.6 Å². The number of carbonyl (C=O) groups excluding carboxylic acids is 1. The number of hydrogen-bond donors (Lipinski definition) is 2. The molecule has 2 N–H and O–H groups in total. The standard InChI is InChI=1S/C14H12F3N3O3/c1-8(13(22)23)20-11(6-7-18-20)12(21)19-10-4-2-9(3-5-10)14(15,16)17/h2-8H,1H3,(H,19,21)(H,22,23). The molecule has 1 heterocycles. The van der Waals surface area contributed by atoms with Gasteiger partial charge in [0.05, 0.1) is 5.56 Å². The Bertz CT molecular complexity index is 723. The molecule has 0 saturated heterocycles. The second kappa shape index (κ2) is 6.11. The van der Waals surface area contributed by atoms with E-state index in [1.54, 1.807) is 0 Å². The zero-order valence-electron chi connectivity index (χ0n) is 11.8. The lowest BCUT2D eigenvalue weighted by Crippen LogP contribution is -2.24. The summed E-state index contributed by atoms with van der Waals surface area (Å²) in [5.74, 6) is -1.84. The van der Waals surface area contributed by atoms with Crippen LogP contribution in [0.4, 0.5) is 18.9 Å². The van der Waals surface area contributed by atoms with E-state index in [0.717, 1.165) is 28.9 Å². The minimum Gasteiger partial charge on any atom is -0.480 e. The molecule has 0 aliphatic rings. The Morgan fingerprint density at radius 3 is 2.35 bits per heavy atom. The second-order valence-corrected chi connectivity index (χ2v) is 4.70. The fraction of sp³-hybridized carbons (Fsp3) is 0.214. The van der Waals surface area contributed by atoms with Gasteiger partial charge in [0, 0.05) is 11.9 Å². The largest absolute Gasteiger partial charge is 0.480 e. The summed E-state index contributed by atoms with van der Waals surface area (Å²) in [6.07, 6.45) is -3.20. The summed E-state index contributed by atoms with van der Waals surface area (Å²) < 4.78 is 38.4. The number of alkyl halides is 3. The number of carboxylic acids is 1. The Labute approximate surface area is 128 Å². The first-order valence-electron chi connectivity index (χ1n) is 6.45. The molecule has 1 amide bonds. The Morgan fingerprint density at radius 2 is 1.83 bits per heavy atom. The van der Waals surface area contributed by atoms with Crippen molar-refractivity contribution in [2.24, 2.45) is 0 Å². The normalized spacial score (nSPS) is 12.7. The first kappa shape index (κ1) is 16.5. The van der Waals surface area contributed by atoms with E-state index in [-0.39, 0.29) is 11.4 Å². The molecule has 1 atom stereocenters. The van der Waals surface area contributed by atoms with Gasteiger partial charge in [0.2, 0.25) is 0 Å². The topological polar surface area (TPSA) is 84.2 Å². The summed E-state index contributed by atoms with van der Waals surface area (Å²) in [7, 11) is 0. The molecule has 0 fully saturated rings. The van der Waals surface area contributed by atoms with Crippen LogP contribution < -0.4 is 5.32 Å². The predicted molar refractivity (Wildman–Crippen MR) is 74.0 cm³/mol. The third kappa shape index (κ3) is 3.68. The molecule has 1 aromatic carbocycles. The number of hydrogen-bond acceptors (Lipinski definition) is 3. The minimum atomic E-state index is -4.46. The van der Waals surface area contributed by atoms with Crippen LogP contribution in [0.25, 0.3) is 0 Å². The van der Waals surface area contributed by atoms with Gasteiger partial charge in [-0.05, 0) is 37.3 Å². The molecule has 0 aliphatic carbocycles. The van der Waals surface area contributed by atoms with Crippen molar-refractivity contribution in [3.05, 3.63) is 47.8 Å². The second-order valence-electron chi connectivity index (χ2n) is 4.70. The van der Waals surface area contributed by atoms with E-state index in [1.165, 1.54) is 19.2 Å². The van der Waals surface area contributed by atoms with Crippen LogP contribution in [0, 0.1) is 0 Å². The van der Waals surface area contributed by atoms with Gasteiger partial charge in [-0.1, -0.05) is 0 Å². The summed E-state index contributed by atoms with van der Waals surface area (Å²) in [6, 6.07) is 4.17. The number of benzene rings is 1. The summed E-state index contributed by atoms with van der Waals surface area (Å²) in [6.45, 7) is 1.35. The van der Waals surface area contributed by atoms with Crippen LogP contribution in [0.1, 0.15) is 29.0 Å². The number of nitrogens with zero attached hydrogens (tertiary/aromatic N) is 2. The summed E-state index contributed by atoms with van der Waals surface area (Å²) in [5.41, 5.74) is -0.696. The van der Waals surface area contributed by atoms with Gasteiger partial charge in [0.1, 0.15) is 11.7 Å². The van der Waals surface area contributed by atoms with E-state index in [1.807, 2.05) is 0 Å². The molecule has 23 heavy (non-hydrogen) atoms. The zero-order valence-corrected chi connectivity index (χ0v) is 11.8. The fourth-order valence-corrected chi connectivity index (χ4v) is 1.84. The molecule has 9 heteroatoms. The average molecular weight is 327 g/mol. The molecule has 2 rings (SSSR count). The molecule has 0 aliphatic heterocycles. The predicted octanol–water partition coefficient (Wildman–Crippen LogP) is 2.80. The summed E-state index contributed by atoms with van der Waals surface area (Å²) >= 11 is 0. The van der Waals surface area contributed by atoms with Crippen molar-refractivity contribution in [2.45, 2.75) is 19.1 Å². The SMILES string of the molecule is CC(C(=O)O)n1nccc1C(=O)Nc1ccc(C(F)(F)F)cc1. The number of carbonyl (C=O) groups is 2. The number of anilines is 1. The number of aliphatic carboxylic acids is 1. The molecule has 0 radical (unpaired) electrons. The molecule has 0 saturated carbocycles. The lowest BCUT2D eigenvalue weighted by atomic mass is 10.2. The van der Waals surface area contributed by atoms with Crippen LogP contribution in [0.3, 0.4) is 0 Å². The molecule has 6 nitrogen and oxygen atoms in total. The Morgan fingerprint density at radius 1 is 1.22 bits per heavy atom. The number of rotatable bonds is 4. The van der Waals surface area contributed by atoms with Gasteiger partial charge in [0.25, 0.3) is 5.91 Å². The first-order chi connectivity index (χ1) is 10.7. The van der Waals surface area contributed by atoms with Crippen molar-refractivity contribution in [3.63, 3.8) is 0 Å². The van der Waals surface area contributed by atoms with Crippen molar-refractivity contribution in [2.75, 3.05) is 5.32 Å². The quantitative estimate of drug-likeness (QED) is 0.904. The number of amides is 1. The maximum atomic E-state index is 12.5. The summed E-state index contributed by atoms with van der Waals surface area (Å²) in [4.78, 5) is 23.1. The third-order valence-electron chi connectivity index (χ3n) is 3.10. The van der Waals surface area contributed by atoms with Crippen LogP contribution in [-0.4, -0.2) is 26.8 Å². The molecule has 2 aromatic rings. The molecular formula is C14H12F3N3O3. The molecule has 1 aromatic heterocycles. The highest BCUT2D eigenvalue weighted by molar-refractivity contribution is 6.03. The van der Waals surface area contributed by atoms with Crippen LogP contribution >= 0.6 is 0 Å². The minimum absolute atomic E-state index is 0.0141. The Balaban J connectivity index is 2.17. The lowest BCUT2D eigenvalue weighted by molar-refractivity contribution is -0.140. The monoisotopic (exact) mass is 327 g/mol. The molecule has 0 bridgehead atoms. The van der Waals surface area contributed by atoms with Crippen molar-refractivity contribution in [1.29, 1.82) is 0 Å². The lowest BCUT2D eigenvalue weighted by Gasteiger charge is -2.12. The van der Waals surface area contributed by atoms with Crippen molar-refractivity contribution in [1.82, 2.24) is 9.78 Å². The highest BCUT2D eigenvalue weighted by Gasteiger charge is 2.30. The van der Waals surface area contributed by atoms with Gasteiger partial charge in [-0.25, -0.2) is 9.48 Å². The number of halogens is 3. The number of nitrogens with one attached hydrogen (secondary N) is 1. The van der Waals surface area contributed by atoms with Crippen molar-refractivity contribution in [3.8, 4) is 0 Å². The third-order valence-corrected chi connectivity index (χ3v) is 3.10. The van der Waals surface area contributed by atoms with Gasteiger partial charge < -0.3 is 10.4 Å². The van der Waals surface area contributed by atoms with Crippen LogP contribution in [0.5, 0.6) is 0 Å². The smallest absolute Gasteiger partial charge is 0.416 e. The van der Waals surface area contributed by atoms with E-state index >= 15 is 0 Å². The molecule has 1 unspecified atom stereocenters. The van der Waals surface area contributed by atoms with Gasteiger partial charge >= 0.3 is 12.1 Å². The van der Waals surface area contributed by atoms with Crippen LogP contribution in [0.15, 0.2) is 36.5 Å².